The summed E-state index contributed by atoms with van der Waals surface area (Å²) in [6, 6.07) is 9.73. The third kappa shape index (κ3) is 2.30. The van der Waals surface area contributed by atoms with E-state index in [4.69, 9.17) is 0 Å². The molecule has 3 aromatic rings. The number of anilines is 1. The minimum atomic E-state index is -0.447. The van der Waals surface area contributed by atoms with Gasteiger partial charge in [0.15, 0.2) is 0 Å². The summed E-state index contributed by atoms with van der Waals surface area (Å²) in [4.78, 5) is 0. The van der Waals surface area contributed by atoms with Crippen LogP contribution >= 0.6 is 0 Å². The van der Waals surface area contributed by atoms with Gasteiger partial charge in [-0.1, -0.05) is 6.07 Å². The van der Waals surface area contributed by atoms with Gasteiger partial charge in [0.1, 0.15) is 11.6 Å². The average molecular weight is 271 g/mol. The van der Waals surface area contributed by atoms with Crippen molar-refractivity contribution in [2.75, 3.05) is 5.32 Å². The van der Waals surface area contributed by atoms with Crippen molar-refractivity contribution in [2.24, 2.45) is 0 Å². The van der Waals surface area contributed by atoms with Crippen LogP contribution in [0.1, 0.15) is 18.5 Å². The van der Waals surface area contributed by atoms with Gasteiger partial charge < -0.3 is 10.4 Å². The normalized spacial score (nSPS) is 12.5. The number of fused-ring (bicyclic) bond motifs is 1. The molecule has 3 rings (SSSR count). The first kappa shape index (κ1) is 12.5. The second kappa shape index (κ2) is 4.85. The fourth-order valence-electron chi connectivity index (χ4n) is 2.24. The molecule has 0 amide bonds. The van der Waals surface area contributed by atoms with Gasteiger partial charge in [0, 0.05) is 22.7 Å². The van der Waals surface area contributed by atoms with Gasteiger partial charge in [-0.2, -0.15) is 5.10 Å². The molecule has 0 saturated carbocycles. The number of phenols is 1. The van der Waals surface area contributed by atoms with Crippen LogP contribution < -0.4 is 5.32 Å². The van der Waals surface area contributed by atoms with Crippen molar-refractivity contribution in [1.82, 2.24) is 10.2 Å². The van der Waals surface area contributed by atoms with E-state index in [1.165, 1.54) is 6.07 Å². The first-order valence-corrected chi connectivity index (χ1v) is 6.31. The molecule has 102 valence electrons. The lowest BCUT2D eigenvalue weighted by Crippen LogP contribution is -2.06. The molecular formula is C15H14FN3O. The lowest BCUT2D eigenvalue weighted by Gasteiger charge is -2.17. The molecule has 3 N–H and O–H groups in total. The molecule has 0 bridgehead atoms. The number of phenolic OH excluding ortho intramolecular Hbond substituents is 1. The number of nitrogens with one attached hydrogen (secondary N) is 2. The number of hydrogen-bond acceptors (Lipinski definition) is 3. The van der Waals surface area contributed by atoms with Gasteiger partial charge in [-0.25, -0.2) is 4.39 Å². The van der Waals surface area contributed by atoms with Crippen LogP contribution in [0.5, 0.6) is 5.75 Å². The lowest BCUT2D eigenvalue weighted by atomic mass is 10.1. The molecule has 1 atom stereocenters. The predicted octanol–water partition coefficient (Wildman–Crippen LogP) is 3.58. The third-order valence-corrected chi connectivity index (χ3v) is 3.28. The molecule has 0 aliphatic heterocycles. The van der Waals surface area contributed by atoms with Crippen LogP contribution in [0.25, 0.3) is 10.9 Å². The Hall–Kier alpha value is -2.56. The quantitative estimate of drug-likeness (QED) is 0.682. The van der Waals surface area contributed by atoms with Crippen molar-refractivity contribution >= 4 is 16.6 Å². The van der Waals surface area contributed by atoms with E-state index in [0.29, 0.717) is 5.56 Å². The van der Waals surface area contributed by atoms with Crippen molar-refractivity contribution in [3.63, 3.8) is 0 Å². The zero-order chi connectivity index (χ0) is 14.1. The molecule has 5 heteroatoms. The fraction of sp³-hybridized carbons (Fsp3) is 0.133. The van der Waals surface area contributed by atoms with Gasteiger partial charge in [0.05, 0.1) is 17.8 Å². The number of hydrogen-bond donors (Lipinski definition) is 3. The van der Waals surface area contributed by atoms with E-state index >= 15 is 0 Å². The minimum absolute atomic E-state index is 0.0485. The highest BCUT2D eigenvalue weighted by atomic mass is 19.1. The number of halogens is 1. The number of aromatic hydroxyl groups is 1. The largest absolute Gasteiger partial charge is 0.507 e. The Morgan fingerprint density at radius 2 is 2.10 bits per heavy atom. The standard InChI is InChI=1S/C15H14FN3O/c1-9(13-5-3-11(16)6-15(13)20)18-12-4-2-10-8-17-19-14(10)7-12/h2-9,18,20H,1H3,(H,17,19). The number of aromatic amines is 1. The molecule has 0 radical (unpaired) electrons. The van der Waals surface area contributed by atoms with Gasteiger partial charge >= 0.3 is 0 Å². The van der Waals surface area contributed by atoms with E-state index in [-0.39, 0.29) is 11.8 Å². The summed E-state index contributed by atoms with van der Waals surface area (Å²) in [6.45, 7) is 1.91. The smallest absolute Gasteiger partial charge is 0.126 e. The second-order valence-electron chi connectivity index (χ2n) is 4.74. The Kier molecular flexibility index (Phi) is 3.02. The Morgan fingerprint density at radius 3 is 2.90 bits per heavy atom. The molecule has 0 saturated heterocycles. The van der Waals surface area contributed by atoms with E-state index in [0.717, 1.165) is 22.7 Å². The fourth-order valence-corrected chi connectivity index (χ4v) is 2.24. The number of H-pyrrole nitrogens is 1. The van der Waals surface area contributed by atoms with Gasteiger partial charge in [-0.3, -0.25) is 5.10 Å². The van der Waals surface area contributed by atoms with Crippen molar-refractivity contribution < 1.29 is 9.50 Å². The van der Waals surface area contributed by atoms with E-state index in [9.17, 15) is 9.50 Å². The molecule has 4 nitrogen and oxygen atoms in total. The molecule has 0 aliphatic carbocycles. The molecule has 20 heavy (non-hydrogen) atoms. The summed E-state index contributed by atoms with van der Waals surface area (Å²) < 4.78 is 13.0. The molecule has 1 unspecified atom stereocenters. The SMILES string of the molecule is CC(Nc1ccc2cn[nH]c2c1)c1ccc(F)cc1O. The van der Waals surface area contributed by atoms with Gasteiger partial charge in [-0.15, -0.1) is 0 Å². The topological polar surface area (TPSA) is 60.9 Å². The average Bonchev–Trinajstić information content (AvgIpc) is 2.85. The molecule has 0 spiro atoms. The van der Waals surface area contributed by atoms with Crippen LogP contribution in [-0.4, -0.2) is 15.3 Å². The van der Waals surface area contributed by atoms with Crippen molar-refractivity contribution in [2.45, 2.75) is 13.0 Å². The summed E-state index contributed by atoms with van der Waals surface area (Å²) in [7, 11) is 0. The number of aromatic nitrogens is 2. The molecule has 0 fully saturated rings. The van der Waals surface area contributed by atoms with Crippen LogP contribution in [0.15, 0.2) is 42.6 Å². The van der Waals surface area contributed by atoms with Crippen molar-refractivity contribution in [1.29, 1.82) is 0 Å². The predicted molar refractivity (Wildman–Crippen MR) is 76.2 cm³/mol. The van der Waals surface area contributed by atoms with Crippen molar-refractivity contribution in [3.8, 4) is 5.75 Å². The Morgan fingerprint density at radius 1 is 1.25 bits per heavy atom. The number of nitrogens with zero attached hydrogens (tertiary/aromatic N) is 1. The van der Waals surface area contributed by atoms with Crippen LogP contribution in [0.2, 0.25) is 0 Å². The van der Waals surface area contributed by atoms with E-state index < -0.39 is 5.82 Å². The molecule has 1 aromatic heterocycles. The summed E-state index contributed by atoms with van der Waals surface area (Å²) in [5, 5.41) is 21.0. The molecule has 2 aromatic carbocycles. The monoisotopic (exact) mass is 271 g/mol. The number of benzene rings is 2. The first-order valence-electron chi connectivity index (χ1n) is 6.31. The van der Waals surface area contributed by atoms with Crippen LogP contribution in [0.4, 0.5) is 10.1 Å². The van der Waals surface area contributed by atoms with Gasteiger partial charge in [0.25, 0.3) is 0 Å². The van der Waals surface area contributed by atoms with E-state index in [2.05, 4.69) is 15.5 Å². The van der Waals surface area contributed by atoms with E-state index in [1.807, 2.05) is 25.1 Å². The van der Waals surface area contributed by atoms with Crippen LogP contribution in [-0.2, 0) is 0 Å². The third-order valence-electron chi connectivity index (χ3n) is 3.28. The molecule has 0 aliphatic rings. The van der Waals surface area contributed by atoms with E-state index in [1.54, 1.807) is 12.3 Å². The van der Waals surface area contributed by atoms with Crippen molar-refractivity contribution in [3.05, 3.63) is 54.0 Å². The summed E-state index contributed by atoms with van der Waals surface area (Å²) in [5.74, 6) is -0.495. The highest BCUT2D eigenvalue weighted by Crippen LogP contribution is 2.28. The highest BCUT2D eigenvalue weighted by Gasteiger charge is 2.11. The van der Waals surface area contributed by atoms with Gasteiger partial charge in [-0.05, 0) is 31.2 Å². The Balaban J connectivity index is 1.85. The maximum absolute atomic E-state index is 13.0. The van der Waals surface area contributed by atoms with Crippen LogP contribution in [0, 0.1) is 5.82 Å². The maximum atomic E-state index is 13.0. The lowest BCUT2D eigenvalue weighted by molar-refractivity contribution is 0.459. The summed E-state index contributed by atoms with van der Waals surface area (Å²) >= 11 is 0. The Labute approximate surface area is 115 Å². The maximum Gasteiger partial charge on any atom is 0.126 e. The molecule has 1 heterocycles. The first-order chi connectivity index (χ1) is 9.63. The summed E-state index contributed by atoms with van der Waals surface area (Å²) in [6.07, 6.45) is 1.76. The van der Waals surface area contributed by atoms with Crippen LogP contribution in [0.3, 0.4) is 0 Å². The highest BCUT2D eigenvalue weighted by molar-refractivity contribution is 5.81. The zero-order valence-corrected chi connectivity index (χ0v) is 10.9. The number of rotatable bonds is 3. The Bertz CT molecular complexity index is 754. The minimum Gasteiger partial charge on any atom is -0.507 e. The van der Waals surface area contributed by atoms with Gasteiger partial charge in [0.2, 0.25) is 0 Å². The molecular weight excluding hydrogens is 257 g/mol. The second-order valence-corrected chi connectivity index (χ2v) is 4.74. The summed E-state index contributed by atoms with van der Waals surface area (Å²) in [5.41, 5.74) is 2.49. The zero-order valence-electron chi connectivity index (χ0n) is 10.9.